The van der Waals surface area contributed by atoms with Gasteiger partial charge in [-0.15, -0.1) is 0 Å². The topological polar surface area (TPSA) is 42.0 Å². The van der Waals surface area contributed by atoms with Crippen LogP contribution in [0.2, 0.25) is 0 Å². The minimum absolute atomic E-state index is 0.107. The quantitative estimate of drug-likeness (QED) is 0.754. The standard InChI is InChI=1S/C16H12N2O/c19-16(18-15-4-2-1-3-5-15)13-6-7-14-11-17-9-8-12(14)10-13/h1-11H,(H,18,19). The molecule has 1 heterocycles. The van der Waals surface area contributed by atoms with Gasteiger partial charge in [-0.25, -0.2) is 0 Å². The zero-order valence-corrected chi connectivity index (χ0v) is 10.2. The van der Waals surface area contributed by atoms with Crippen molar-refractivity contribution >= 4 is 22.4 Å². The SMILES string of the molecule is O=C(Nc1ccccc1)c1ccc2cnccc2c1. The number of pyridine rings is 1. The van der Waals surface area contributed by atoms with E-state index in [0.29, 0.717) is 5.56 Å². The summed E-state index contributed by atoms with van der Waals surface area (Å²) in [5.74, 6) is -0.107. The lowest BCUT2D eigenvalue weighted by atomic mass is 10.1. The fourth-order valence-corrected chi connectivity index (χ4v) is 1.95. The van der Waals surface area contributed by atoms with Crippen LogP contribution in [0.1, 0.15) is 10.4 Å². The van der Waals surface area contributed by atoms with Crippen LogP contribution >= 0.6 is 0 Å². The Balaban J connectivity index is 1.89. The Hall–Kier alpha value is -2.68. The zero-order valence-electron chi connectivity index (χ0n) is 10.2. The Morgan fingerprint density at radius 3 is 2.63 bits per heavy atom. The van der Waals surface area contributed by atoms with Crippen molar-refractivity contribution < 1.29 is 4.79 Å². The van der Waals surface area contributed by atoms with Crippen LogP contribution in [-0.2, 0) is 0 Å². The molecule has 0 fully saturated rings. The number of anilines is 1. The Labute approximate surface area is 110 Å². The van der Waals surface area contributed by atoms with Gasteiger partial charge in [0.2, 0.25) is 0 Å². The van der Waals surface area contributed by atoms with Gasteiger partial charge in [0.05, 0.1) is 0 Å². The number of nitrogens with one attached hydrogen (secondary N) is 1. The van der Waals surface area contributed by atoms with Gasteiger partial charge in [0.15, 0.2) is 0 Å². The molecule has 3 nitrogen and oxygen atoms in total. The average Bonchev–Trinajstić information content (AvgIpc) is 2.48. The molecular weight excluding hydrogens is 236 g/mol. The summed E-state index contributed by atoms with van der Waals surface area (Å²) in [6.45, 7) is 0. The highest BCUT2D eigenvalue weighted by Gasteiger charge is 2.06. The molecule has 0 saturated heterocycles. The van der Waals surface area contributed by atoms with E-state index < -0.39 is 0 Å². The fourth-order valence-electron chi connectivity index (χ4n) is 1.95. The van der Waals surface area contributed by atoms with Crippen molar-refractivity contribution in [3.05, 3.63) is 72.6 Å². The van der Waals surface area contributed by atoms with Crippen LogP contribution in [0.15, 0.2) is 67.0 Å². The monoisotopic (exact) mass is 248 g/mol. The van der Waals surface area contributed by atoms with Crippen molar-refractivity contribution in [2.45, 2.75) is 0 Å². The van der Waals surface area contributed by atoms with E-state index in [1.165, 1.54) is 0 Å². The molecule has 0 saturated carbocycles. The van der Waals surface area contributed by atoms with Crippen LogP contribution in [-0.4, -0.2) is 10.9 Å². The molecule has 19 heavy (non-hydrogen) atoms. The van der Waals surface area contributed by atoms with E-state index in [4.69, 9.17) is 0 Å². The van der Waals surface area contributed by atoms with Crippen molar-refractivity contribution in [1.29, 1.82) is 0 Å². The first-order chi connectivity index (χ1) is 9.33. The summed E-state index contributed by atoms with van der Waals surface area (Å²) in [7, 11) is 0. The second kappa shape index (κ2) is 4.90. The van der Waals surface area contributed by atoms with E-state index in [0.717, 1.165) is 16.5 Å². The summed E-state index contributed by atoms with van der Waals surface area (Å²) >= 11 is 0. The second-order valence-corrected chi connectivity index (χ2v) is 4.26. The number of carbonyl (C=O) groups is 1. The minimum Gasteiger partial charge on any atom is -0.322 e. The Morgan fingerprint density at radius 1 is 0.947 bits per heavy atom. The smallest absolute Gasteiger partial charge is 0.255 e. The van der Waals surface area contributed by atoms with Crippen LogP contribution < -0.4 is 5.32 Å². The number of hydrogen-bond acceptors (Lipinski definition) is 2. The van der Waals surface area contributed by atoms with Gasteiger partial charge in [0, 0.05) is 29.0 Å². The van der Waals surface area contributed by atoms with Crippen LogP contribution in [0.3, 0.4) is 0 Å². The van der Waals surface area contributed by atoms with Crippen LogP contribution in [0.4, 0.5) is 5.69 Å². The van der Waals surface area contributed by atoms with Gasteiger partial charge in [0.25, 0.3) is 5.91 Å². The van der Waals surface area contributed by atoms with Gasteiger partial charge in [0.1, 0.15) is 0 Å². The van der Waals surface area contributed by atoms with E-state index in [1.54, 1.807) is 12.4 Å². The van der Waals surface area contributed by atoms with Crippen LogP contribution in [0.25, 0.3) is 10.8 Å². The third-order valence-corrected chi connectivity index (χ3v) is 2.93. The number of fused-ring (bicyclic) bond motifs is 1. The number of benzene rings is 2. The highest BCUT2D eigenvalue weighted by molar-refractivity contribution is 6.06. The van der Waals surface area contributed by atoms with Crippen molar-refractivity contribution in [1.82, 2.24) is 4.98 Å². The van der Waals surface area contributed by atoms with Crippen LogP contribution in [0, 0.1) is 0 Å². The molecule has 0 radical (unpaired) electrons. The van der Waals surface area contributed by atoms with E-state index in [9.17, 15) is 4.79 Å². The van der Waals surface area contributed by atoms with Gasteiger partial charge < -0.3 is 5.32 Å². The van der Waals surface area contributed by atoms with Crippen molar-refractivity contribution in [3.8, 4) is 0 Å². The summed E-state index contributed by atoms with van der Waals surface area (Å²) in [5.41, 5.74) is 1.44. The number of nitrogens with zero attached hydrogens (tertiary/aromatic N) is 1. The summed E-state index contributed by atoms with van der Waals surface area (Å²) in [4.78, 5) is 16.2. The van der Waals surface area contributed by atoms with Crippen molar-refractivity contribution in [2.75, 3.05) is 5.32 Å². The van der Waals surface area contributed by atoms with E-state index >= 15 is 0 Å². The zero-order chi connectivity index (χ0) is 13.1. The summed E-state index contributed by atoms with van der Waals surface area (Å²) in [5, 5.41) is 4.90. The normalized spacial score (nSPS) is 10.3. The summed E-state index contributed by atoms with van der Waals surface area (Å²) in [6, 6.07) is 16.9. The third kappa shape index (κ3) is 2.45. The maximum Gasteiger partial charge on any atom is 0.255 e. The molecule has 0 bridgehead atoms. The highest BCUT2D eigenvalue weighted by Crippen LogP contribution is 2.16. The minimum atomic E-state index is -0.107. The predicted molar refractivity (Wildman–Crippen MR) is 76.1 cm³/mol. The predicted octanol–water partition coefficient (Wildman–Crippen LogP) is 3.49. The molecule has 3 heteroatoms. The number of carbonyl (C=O) groups excluding carboxylic acids is 1. The molecule has 0 spiro atoms. The fraction of sp³-hybridized carbons (Fsp3) is 0. The molecule has 0 unspecified atom stereocenters. The molecule has 0 aliphatic rings. The first-order valence-corrected chi connectivity index (χ1v) is 6.03. The molecule has 3 aromatic rings. The number of amides is 1. The van der Waals surface area contributed by atoms with Gasteiger partial charge in [-0.1, -0.05) is 24.3 Å². The first kappa shape index (κ1) is 11.4. The van der Waals surface area contributed by atoms with Gasteiger partial charge in [-0.3, -0.25) is 9.78 Å². The highest BCUT2D eigenvalue weighted by atomic mass is 16.1. The second-order valence-electron chi connectivity index (χ2n) is 4.26. The van der Waals surface area contributed by atoms with Crippen molar-refractivity contribution in [2.24, 2.45) is 0 Å². The molecule has 1 aromatic heterocycles. The Bertz CT molecular complexity index is 723. The molecule has 92 valence electrons. The maximum absolute atomic E-state index is 12.1. The molecule has 0 atom stereocenters. The molecule has 2 aromatic carbocycles. The number of aromatic nitrogens is 1. The number of rotatable bonds is 2. The summed E-state index contributed by atoms with van der Waals surface area (Å²) in [6.07, 6.45) is 3.51. The summed E-state index contributed by atoms with van der Waals surface area (Å²) < 4.78 is 0. The lowest BCUT2D eigenvalue weighted by Crippen LogP contribution is -2.11. The van der Waals surface area contributed by atoms with Gasteiger partial charge in [-0.05, 0) is 35.7 Å². The molecule has 0 aliphatic carbocycles. The van der Waals surface area contributed by atoms with E-state index in [2.05, 4.69) is 10.3 Å². The van der Waals surface area contributed by atoms with Gasteiger partial charge >= 0.3 is 0 Å². The van der Waals surface area contributed by atoms with E-state index in [1.807, 2.05) is 54.6 Å². The van der Waals surface area contributed by atoms with Gasteiger partial charge in [-0.2, -0.15) is 0 Å². The first-order valence-electron chi connectivity index (χ1n) is 6.03. The lowest BCUT2D eigenvalue weighted by molar-refractivity contribution is 0.102. The lowest BCUT2D eigenvalue weighted by Gasteiger charge is -2.06. The van der Waals surface area contributed by atoms with E-state index in [-0.39, 0.29) is 5.91 Å². The average molecular weight is 248 g/mol. The number of hydrogen-bond donors (Lipinski definition) is 1. The molecule has 1 amide bonds. The van der Waals surface area contributed by atoms with Crippen molar-refractivity contribution in [3.63, 3.8) is 0 Å². The molecular formula is C16H12N2O. The largest absolute Gasteiger partial charge is 0.322 e. The third-order valence-electron chi connectivity index (χ3n) is 2.93. The maximum atomic E-state index is 12.1. The Morgan fingerprint density at radius 2 is 1.79 bits per heavy atom. The molecule has 0 aliphatic heterocycles. The van der Waals surface area contributed by atoms with Crippen LogP contribution in [0.5, 0.6) is 0 Å². The Kier molecular flexibility index (Phi) is 2.94. The molecule has 3 rings (SSSR count). The number of para-hydroxylation sites is 1. The molecule has 1 N–H and O–H groups in total.